The summed E-state index contributed by atoms with van der Waals surface area (Å²) in [6.45, 7) is 0. The predicted octanol–water partition coefficient (Wildman–Crippen LogP) is 4.27. The molecule has 2 atom stereocenters. The summed E-state index contributed by atoms with van der Waals surface area (Å²) in [7, 11) is 7.88. The first-order valence-electron chi connectivity index (χ1n) is 11.0. The summed E-state index contributed by atoms with van der Waals surface area (Å²) in [5.41, 5.74) is 2.34. The van der Waals surface area contributed by atoms with Crippen LogP contribution in [0.5, 0.6) is 23.0 Å². The molecule has 0 aromatic heterocycles. The zero-order chi connectivity index (χ0) is 25.1. The molecule has 1 heterocycles. The third kappa shape index (κ3) is 4.47. The van der Waals surface area contributed by atoms with Crippen LogP contribution in [0.1, 0.15) is 33.4 Å². The van der Waals surface area contributed by atoms with Gasteiger partial charge in [-0.25, -0.2) is 0 Å². The molecule has 0 fully saturated rings. The number of hydrogen-bond acceptors (Lipinski definition) is 6. The monoisotopic (exact) mass is 476 g/mol. The highest BCUT2D eigenvalue weighted by Gasteiger charge is 2.43. The molecule has 8 heteroatoms. The van der Waals surface area contributed by atoms with E-state index in [1.54, 1.807) is 62.6 Å². The number of fused-ring (bicyclic) bond motifs is 1. The lowest BCUT2D eigenvalue weighted by Gasteiger charge is -2.40. The number of rotatable bonds is 7. The molecule has 3 aromatic rings. The van der Waals surface area contributed by atoms with Crippen molar-refractivity contribution >= 4 is 17.5 Å². The van der Waals surface area contributed by atoms with E-state index in [-0.39, 0.29) is 11.8 Å². The zero-order valence-corrected chi connectivity index (χ0v) is 20.3. The second kappa shape index (κ2) is 9.97. The molecule has 0 radical (unpaired) electrons. The van der Waals surface area contributed by atoms with Crippen LogP contribution >= 0.6 is 0 Å². The third-order valence-electron chi connectivity index (χ3n) is 6.25. The predicted molar refractivity (Wildman–Crippen MR) is 132 cm³/mol. The maximum absolute atomic E-state index is 13.9. The Hall–Kier alpha value is -4.20. The van der Waals surface area contributed by atoms with Crippen LogP contribution in [0.4, 0.5) is 5.69 Å². The van der Waals surface area contributed by atoms with Gasteiger partial charge >= 0.3 is 0 Å². The van der Waals surface area contributed by atoms with Crippen molar-refractivity contribution in [2.45, 2.75) is 12.0 Å². The number of carbonyl (C=O) groups excluding carboxylic acids is 2. The van der Waals surface area contributed by atoms with Gasteiger partial charge in [-0.1, -0.05) is 18.2 Å². The molecule has 1 N–H and O–H groups in total. The Morgan fingerprint density at radius 1 is 0.829 bits per heavy atom. The largest absolute Gasteiger partial charge is 0.497 e. The minimum absolute atomic E-state index is 0.216. The molecular formula is C27H28N2O6. The van der Waals surface area contributed by atoms with Gasteiger partial charge in [0.05, 0.1) is 40.4 Å². The number of ether oxygens (including phenoxy) is 4. The van der Waals surface area contributed by atoms with E-state index in [0.29, 0.717) is 39.8 Å². The highest BCUT2D eigenvalue weighted by molar-refractivity contribution is 6.05. The molecule has 3 aromatic carbocycles. The average Bonchev–Trinajstić information content (AvgIpc) is 2.89. The second-order valence-electron chi connectivity index (χ2n) is 8.13. The van der Waals surface area contributed by atoms with Crippen molar-refractivity contribution < 1.29 is 28.5 Å². The Balaban J connectivity index is 1.86. The first-order valence-corrected chi connectivity index (χ1v) is 11.0. The minimum atomic E-state index is -0.730. The lowest BCUT2D eigenvalue weighted by Crippen LogP contribution is -2.44. The first kappa shape index (κ1) is 23.9. The van der Waals surface area contributed by atoms with Crippen LogP contribution in [0.15, 0.2) is 60.7 Å². The quantitative estimate of drug-likeness (QED) is 0.548. The normalized spacial score (nSPS) is 16.8. The number of anilines is 1. The highest BCUT2D eigenvalue weighted by atomic mass is 16.5. The fraction of sp³-hybridized carbons (Fsp3) is 0.259. The summed E-state index contributed by atoms with van der Waals surface area (Å²) in [6, 6.07) is 17.3. The maximum atomic E-state index is 13.9. The summed E-state index contributed by atoms with van der Waals surface area (Å²) in [4.78, 5) is 28.9. The second-order valence-corrected chi connectivity index (χ2v) is 8.13. The van der Waals surface area contributed by atoms with Crippen molar-refractivity contribution in [2.24, 2.45) is 0 Å². The van der Waals surface area contributed by atoms with E-state index < -0.39 is 12.0 Å². The van der Waals surface area contributed by atoms with E-state index in [2.05, 4.69) is 5.32 Å². The minimum Gasteiger partial charge on any atom is -0.497 e. The van der Waals surface area contributed by atoms with E-state index in [0.717, 1.165) is 5.56 Å². The van der Waals surface area contributed by atoms with Crippen molar-refractivity contribution in [3.8, 4) is 23.0 Å². The van der Waals surface area contributed by atoms with Crippen molar-refractivity contribution in [1.82, 2.24) is 4.90 Å². The smallest absolute Gasteiger partial charge is 0.254 e. The van der Waals surface area contributed by atoms with E-state index in [4.69, 9.17) is 18.9 Å². The molecule has 4 rings (SSSR count). The Labute approximate surface area is 204 Å². The molecule has 0 bridgehead atoms. The van der Waals surface area contributed by atoms with Gasteiger partial charge in [-0.15, -0.1) is 0 Å². The standard InChI is InChI=1S/C27H28N2O6/c1-29-25(16-9-11-18(32-2)12-10-16)24(26(30)28-17-7-6-8-19(13-17)33-3)20-14-22(34-4)23(35-5)15-21(20)27(29)31/h6-15,24-25H,1-5H3,(H,28,30). The zero-order valence-electron chi connectivity index (χ0n) is 20.3. The topological polar surface area (TPSA) is 86.3 Å². The Morgan fingerprint density at radius 2 is 1.49 bits per heavy atom. The van der Waals surface area contributed by atoms with Gasteiger partial charge in [0.2, 0.25) is 5.91 Å². The Morgan fingerprint density at radius 3 is 2.11 bits per heavy atom. The van der Waals surface area contributed by atoms with Crippen LogP contribution in [0.3, 0.4) is 0 Å². The van der Waals surface area contributed by atoms with Crippen LogP contribution in [-0.4, -0.2) is 52.2 Å². The summed E-state index contributed by atoms with van der Waals surface area (Å²) in [6.07, 6.45) is 0. The first-order chi connectivity index (χ1) is 16.9. The van der Waals surface area contributed by atoms with Gasteiger partial charge in [-0.3, -0.25) is 9.59 Å². The molecule has 2 unspecified atom stereocenters. The molecule has 0 saturated heterocycles. The fourth-order valence-corrected chi connectivity index (χ4v) is 4.47. The summed E-state index contributed by atoms with van der Waals surface area (Å²) in [5, 5.41) is 3.00. The van der Waals surface area contributed by atoms with Crippen molar-refractivity contribution in [2.75, 3.05) is 40.8 Å². The SMILES string of the molecule is COc1ccc(C2C(C(=O)Nc3cccc(OC)c3)c3cc(OC)c(OC)cc3C(=O)N2C)cc1. The third-order valence-corrected chi connectivity index (χ3v) is 6.25. The molecule has 0 spiro atoms. The van der Waals surface area contributed by atoms with E-state index in [1.807, 2.05) is 24.3 Å². The number of hydrogen-bond donors (Lipinski definition) is 1. The number of nitrogens with one attached hydrogen (secondary N) is 1. The Bertz CT molecular complexity index is 1240. The van der Waals surface area contributed by atoms with Crippen molar-refractivity contribution in [3.05, 3.63) is 77.4 Å². The number of benzene rings is 3. The number of likely N-dealkylation sites (N-methyl/N-ethyl adjacent to an activating group) is 1. The average molecular weight is 477 g/mol. The van der Waals surface area contributed by atoms with Crippen LogP contribution in [0.25, 0.3) is 0 Å². The molecule has 35 heavy (non-hydrogen) atoms. The number of nitrogens with zero attached hydrogens (tertiary/aromatic N) is 1. The lowest BCUT2D eigenvalue weighted by molar-refractivity contribution is -0.119. The van der Waals surface area contributed by atoms with Gasteiger partial charge < -0.3 is 29.2 Å². The molecule has 1 aliphatic rings. The summed E-state index contributed by atoms with van der Waals surface area (Å²) < 4.78 is 21.5. The van der Waals surface area contributed by atoms with Gasteiger partial charge in [-0.05, 0) is 47.5 Å². The number of carbonyl (C=O) groups is 2. The lowest BCUT2D eigenvalue weighted by atomic mass is 9.79. The van der Waals surface area contributed by atoms with Crippen LogP contribution in [0.2, 0.25) is 0 Å². The van der Waals surface area contributed by atoms with Crippen molar-refractivity contribution in [1.29, 1.82) is 0 Å². The molecule has 0 saturated carbocycles. The van der Waals surface area contributed by atoms with Crippen molar-refractivity contribution in [3.63, 3.8) is 0 Å². The molecule has 1 aliphatic heterocycles. The highest BCUT2D eigenvalue weighted by Crippen LogP contribution is 2.46. The summed E-state index contributed by atoms with van der Waals surface area (Å²) >= 11 is 0. The Kier molecular flexibility index (Phi) is 6.82. The van der Waals surface area contributed by atoms with E-state index >= 15 is 0 Å². The number of methoxy groups -OCH3 is 4. The van der Waals surface area contributed by atoms with Gasteiger partial charge in [0.25, 0.3) is 5.91 Å². The van der Waals surface area contributed by atoms with E-state index in [9.17, 15) is 9.59 Å². The van der Waals surface area contributed by atoms with Crippen LogP contribution in [-0.2, 0) is 4.79 Å². The summed E-state index contributed by atoms with van der Waals surface area (Å²) in [5.74, 6) is 0.949. The molecule has 0 aliphatic carbocycles. The molecule has 182 valence electrons. The van der Waals surface area contributed by atoms with Gasteiger partial charge in [0.1, 0.15) is 11.5 Å². The molecule has 2 amide bonds. The van der Waals surface area contributed by atoms with Gasteiger partial charge in [0.15, 0.2) is 11.5 Å². The van der Waals surface area contributed by atoms with Crippen LogP contribution < -0.4 is 24.3 Å². The maximum Gasteiger partial charge on any atom is 0.254 e. The molecular weight excluding hydrogens is 448 g/mol. The number of amides is 2. The fourth-order valence-electron chi connectivity index (χ4n) is 4.47. The van der Waals surface area contributed by atoms with Gasteiger partial charge in [0, 0.05) is 24.4 Å². The van der Waals surface area contributed by atoms with Crippen LogP contribution in [0, 0.1) is 0 Å². The van der Waals surface area contributed by atoms with E-state index in [1.165, 1.54) is 14.2 Å². The van der Waals surface area contributed by atoms with Gasteiger partial charge in [-0.2, -0.15) is 0 Å². The molecule has 8 nitrogen and oxygen atoms in total.